The van der Waals surface area contributed by atoms with Crippen molar-refractivity contribution in [3.8, 4) is 22.6 Å². The Morgan fingerprint density at radius 2 is 1.77 bits per heavy atom. The third-order valence-corrected chi connectivity index (χ3v) is 4.61. The lowest BCUT2D eigenvalue weighted by molar-refractivity contribution is -0.384. The van der Waals surface area contributed by atoms with E-state index in [0.717, 1.165) is 5.56 Å². The van der Waals surface area contributed by atoms with Crippen molar-refractivity contribution in [3.63, 3.8) is 0 Å². The quantitative estimate of drug-likeness (QED) is 0.438. The molecule has 3 rings (SSSR count). The van der Waals surface area contributed by atoms with Crippen molar-refractivity contribution in [1.82, 2.24) is 5.32 Å². The highest BCUT2D eigenvalue weighted by molar-refractivity contribution is 5.79. The molecule has 1 N–H and O–H groups in total. The number of hydrogen-bond acceptors (Lipinski definition) is 5. The van der Waals surface area contributed by atoms with Crippen LogP contribution in [0.5, 0.6) is 11.5 Å². The molecule has 0 radical (unpaired) electrons. The van der Waals surface area contributed by atoms with Crippen LogP contribution < -0.4 is 14.8 Å². The van der Waals surface area contributed by atoms with Gasteiger partial charge in [0.25, 0.3) is 11.6 Å². The molecule has 1 amide bonds. The van der Waals surface area contributed by atoms with Crippen LogP contribution in [0.4, 0.5) is 5.69 Å². The van der Waals surface area contributed by atoms with Crippen LogP contribution in [-0.2, 0) is 4.79 Å². The van der Waals surface area contributed by atoms with Crippen LogP contribution in [0.2, 0.25) is 0 Å². The van der Waals surface area contributed by atoms with Crippen molar-refractivity contribution in [2.75, 3.05) is 13.7 Å². The second kappa shape index (κ2) is 9.56. The number of carbonyl (C=O) groups is 1. The predicted octanol–water partition coefficient (Wildman–Crippen LogP) is 4.53. The number of nitro groups is 1. The summed E-state index contributed by atoms with van der Waals surface area (Å²) < 4.78 is 10.9. The van der Waals surface area contributed by atoms with E-state index in [0.29, 0.717) is 22.6 Å². The number of benzene rings is 3. The summed E-state index contributed by atoms with van der Waals surface area (Å²) in [5, 5.41) is 14.1. The van der Waals surface area contributed by atoms with Crippen LogP contribution in [0, 0.1) is 10.1 Å². The van der Waals surface area contributed by atoms with Crippen molar-refractivity contribution in [3.05, 3.63) is 88.5 Å². The molecule has 0 saturated heterocycles. The molecule has 0 aliphatic rings. The second-order valence-electron chi connectivity index (χ2n) is 6.65. The summed E-state index contributed by atoms with van der Waals surface area (Å²) >= 11 is 0. The van der Waals surface area contributed by atoms with Gasteiger partial charge in [0, 0.05) is 17.7 Å². The van der Waals surface area contributed by atoms with E-state index < -0.39 is 4.92 Å². The summed E-state index contributed by atoms with van der Waals surface area (Å²) in [6.07, 6.45) is 0. The van der Waals surface area contributed by atoms with Gasteiger partial charge in [-0.1, -0.05) is 42.5 Å². The Morgan fingerprint density at radius 1 is 1.07 bits per heavy atom. The van der Waals surface area contributed by atoms with Gasteiger partial charge < -0.3 is 14.8 Å². The Labute approximate surface area is 174 Å². The van der Waals surface area contributed by atoms with E-state index in [1.165, 1.54) is 18.2 Å². The fourth-order valence-corrected chi connectivity index (χ4v) is 3.01. The molecular weight excluding hydrogens is 384 g/mol. The number of non-ortho nitro benzene ring substituents is 1. The number of carbonyl (C=O) groups excluding carboxylic acids is 1. The largest absolute Gasteiger partial charge is 0.497 e. The minimum absolute atomic E-state index is 0.0599. The van der Waals surface area contributed by atoms with Crippen molar-refractivity contribution >= 4 is 11.6 Å². The average Bonchev–Trinajstić information content (AvgIpc) is 2.78. The van der Waals surface area contributed by atoms with Gasteiger partial charge >= 0.3 is 0 Å². The first-order valence-electron chi connectivity index (χ1n) is 9.38. The molecule has 0 aliphatic heterocycles. The maximum atomic E-state index is 12.3. The molecule has 1 atom stereocenters. The lowest BCUT2D eigenvalue weighted by Crippen LogP contribution is -2.31. The zero-order valence-corrected chi connectivity index (χ0v) is 16.7. The standard InChI is InChI=1S/C23H22N2O5/c1-16(17-6-4-3-5-7-17)24-23(26)15-30-22-13-10-19(25(27)28)14-21(22)18-8-11-20(29-2)12-9-18/h3-14,16H,15H2,1-2H3,(H,24,26)/t16-/m1/s1. The molecule has 30 heavy (non-hydrogen) atoms. The number of amides is 1. The molecule has 0 aliphatic carbocycles. The molecule has 7 heteroatoms. The number of nitrogens with one attached hydrogen (secondary N) is 1. The van der Waals surface area contributed by atoms with Gasteiger partial charge in [-0.2, -0.15) is 0 Å². The summed E-state index contributed by atoms with van der Waals surface area (Å²) in [6, 6.07) is 20.8. The van der Waals surface area contributed by atoms with E-state index in [4.69, 9.17) is 9.47 Å². The van der Waals surface area contributed by atoms with Gasteiger partial charge in [0.15, 0.2) is 6.61 Å². The van der Waals surface area contributed by atoms with Crippen LogP contribution in [0.25, 0.3) is 11.1 Å². The second-order valence-corrected chi connectivity index (χ2v) is 6.65. The zero-order chi connectivity index (χ0) is 21.5. The molecule has 154 valence electrons. The van der Waals surface area contributed by atoms with Crippen LogP contribution >= 0.6 is 0 Å². The smallest absolute Gasteiger partial charge is 0.270 e. The summed E-state index contributed by atoms with van der Waals surface area (Å²) in [5.41, 5.74) is 2.17. The lowest BCUT2D eigenvalue weighted by atomic mass is 10.0. The minimum atomic E-state index is -0.467. The molecular formula is C23H22N2O5. The highest BCUT2D eigenvalue weighted by Crippen LogP contribution is 2.34. The Morgan fingerprint density at radius 3 is 2.40 bits per heavy atom. The number of rotatable bonds is 8. The summed E-state index contributed by atoms with van der Waals surface area (Å²) in [7, 11) is 1.56. The fourth-order valence-electron chi connectivity index (χ4n) is 3.01. The van der Waals surface area contributed by atoms with Crippen LogP contribution in [0.3, 0.4) is 0 Å². The summed E-state index contributed by atoms with van der Waals surface area (Å²) in [5.74, 6) is 0.764. The average molecular weight is 406 g/mol. The number of hydrogen-bond donors (Lipinski definition) is 1. The fraction of sp³-hybridized carbons (Fsp3) is 0.174. The van der Waals surface area contributed by atoms with Crippen LogP contribution in [0.1, 0.15) is 18.5 Å². The predicted molar refractivity (Wildman–Crippen MR) is 114 cm³/mol. The maximum absolute atomic E-state index is 12.3. The SMILES string of the molecule is COc1ccc(-c2cc([N+](=O)[O-])ccc2OCC(=O)N[C@H](C)c2ccccc2)cc1. The van der Waals surface area contributed by atoms with Gasteiger partial charge in [0.1, 0.15) is 11.5 Å². The molecule has 3 aromatic rings. The van der Waals surface area contributed by atoms with Gasteiger partial charge in [0.05, 0.1) is 18.1 Å². The van der Waals surface area contributed by atoms with Crippen molar-refractivity contribution < 1.29 is 19.2 Å². The molecule has 3 aromatic carbocycles. The molecule has 0 unspecified atom stereocenters. The van der Waals surface area contributed by atoms with Crippen LogP contribution in [0.15, 0.2) is 72.8 Å². The highest BCUT2D eigenvalue weighted by atomic mass is 16.6. The molecule has 7 nitrogen and oxygen atoms in total. The molecule has 0 bridgehead atoms. The molecule has 0 fully saturated rings. The minimum Gasteiger partial charge on any atom is -0.497 e. The summed E-state index contributed by atoms with van der Waals surface area (Å²) in [6.45, 7) is 1.68. The first-order chi connectivity index (χ1) is 14.5. The normalized spacial score (nSPS) is 11.4. The first-order valence-corrected chi connectivity index (χ1v) is 9.38. The van der Waals surface area contributed by atoms with Gasteiger partial charge in [-0.25, -0.2) is 0 Å². The van der Waals surface area contributed by atoms with Gasteiger partial charge in [-0.3, -0.25) is 14.9 Å². The molecule has 0 spiro atoms. The third kappa shape index (κ3) is 5.14. The van der Waals surface area contributed by atoms with E-state index >= 15 is 0 Å². The van der Waals surface area contributed by atoms with Crippen molar-refractivity contribution in [1.29, 1.82) is 0 Å². The number of ether oxygens (including phenoxy) is 2. The Bertz CT molecular complexity index is 1020. The number of nitrogens with zero attached hydrogens (tertiary/aromatic N) is 1. The molecule has 0 heterocycles. The third-order valence-electron chi connectivity index (χ3n) is 4.61. The Balaban J connectivity index is 1.76. The first kappa shape index (κ1) is 20.9. The van der Waals surface area contributed by atoms with E-state index in [1.54, 1.807) is 31.4 Å². The monoisotopic (exact) mass is 406 g/mol. The van der Waals surface area contributed by atoms with Gasteiger partial charge in [-0.15, -0.1) is 0 Å². The van der Waals surface area contributed by atoms with E-state index in [2.05, 4.69) is 5.32 Å². The van der Waals surface area contributed by atoms with E-state index in [1.807, 2.05) is 37.3 Å². The van der Waals surface area contributed by atoms with E-state index in [-0.39, 0.29) is 24.2 Å². The van der Waals surface area contributed by atoms with Crippen molar-refractivity contribution in [2.45, 2.75) is 13.0 Å². The Hall–Kier alpha value is -3.87. The Kier molecular flexibility index (Phi) is 6.64. The van der Waals surface area contributed by atoms with Crippen molar-refractivity contribution in [2.24, 2.45) is 0 Å². The zero-order valence-electron chi connectivity index (χ0n) is 16.7. The lowest BCUT2D eigenvalue weighted by Gasteiger charge is -2.16. The van der Waals surface area contributed by atoms with Gasteiger partial charge in [-0.05, 0) is 36.2 Å². The maximum Gasteiger partial charge on any atom is 0.270 e. The van der Waals surface area contributed by atoms with Gasteiger partial charge in [0.2, 0.25) is 0 Å². The van der Waals surface area contributed by atoms with E-state index in [9.17, 15) is 14.9 Å². The molecule has 0 saturated carbocycles. The summed E-state index contributed by atoms with van der Waals surface area (Å²) in [4.78, 5) is 23.1. The topological polar surface area (TPSA) is 90.7 Å². The van der Waals surface area contributed by atoms with Crippen LogP contribution in [-0.4, -0.2) is 24.5 Å². The number of methoxy groups -OCH3 is 1. The number of nitro benzene ring substituents is 1. The highest BCUT2D eigenvalue weighted by Gasteiger charge is 2.16. The molecule has 0 aromatic heterocycles.